The molecule has 0 bridgehead atoms. The number of anilines is 1. The number of hydrogen-bond donors (Lipinski definition) is 3. The summed E-state index contributed by atoms with van der Waals surface area (Å²) in [4.78, 5) is 1.96. The number of aliphatic hydroxyl groups excluding tert-OH is 3. The highest BCUT2D eigenvalue weighted by Crippen LogP contribution is 2.33. The SMILES string of the molecule is C[C@@H]1O[C@H](N2CCc3ccccc32)[C@@H](O)[C@H](O)[C@@H]1O. The normalized spacial score (nSPS) is 38.3. The molecule has 1 aromatic rings. The van der Waals surface area contributed by atoms with Gasteiger partial charge in [-0.15, -0.1) is 0 Å². The van der Waals surface area contributed by atoms with Crippen LogP contribution in [0.2, 0.25) is 0 Å². The molecule has 2 heterocycles. The number of para-hydroxylation sites is 1. The van der Waals surface area contributed by atoms with E-state index in [0.29, 0.717) is 0 Å². The summed E-state index contributed by atoms with van der Waals surface area (Å²) in [6, 6.07) is 7.97. The Kier molecular flexibility index (Phi) is 3.22. The summed E-state index contributed by atoms with van der Waals surface area (Å²) in [6.07, 6.45) is -3.56. The van der Waals surface area contributed by atoms with Crippen molar-refractivity contribution >= 4 is 5.69 Å². The van der Waals surface area contributed by atoms with Gasteiger partial charge in [-0.2, -0.15) is 0 Å². The highest BCUT2D eigenvalue weighted by atomic mass is 16.5. The molecule has 0 aliphatic carbocycles. The van der Waals surface area contributed by atoms with E-state index < -0.39 is 30.6 Å². The molecule has 1 saturated heterocycles. The van der Waals surface area contributed by atoms with Crippen molar-refractivity contribution in [2.24, 2.45) is 0 Å². The molecule has 1 aromatic carbocycles. The third-order valence-electron chi connectivity index (χ3n) is 4.06. The monoisotopic (exact) mass is 265 g/mol. The zero-order valence-corrected chi connectivity index (χ0v) is 10.8. The van der Waals surface area contributed by atoms with E-state index in [1.165, 1.54) is 5.56 Å². The molecular formula is C14H19NO4. The molecule has 19 heavy (non-hydrogen) atoms. The molecule has 5 nitrogen and oxygen atoms in total. The second-order valence-corrected chi connectivity index (χ2v) is 5.28. The van der Waals surface area contributed by atoms with E-state index in [9.17, 15) is 15.3 Å². The van der Waals surface area contributed by atoms with Gasteiger partial charge < -0.3 is 25.0 Å². The van der Waals surface area contributed by atoms with Crippen LogP contribution in [0.25, 0.3) is 0 Å². The first-order chi connectivity index (χ1) is 9.09. The minimum Gasteiger partial charge on any atom is -0.388 e. The van der Waals surface area contributed by atoms with Gasteiger partial charge in [-0.25, -0.2) is 0 Å². The van der Waals surface area contributed by atoms with Crippen LogP contribution in [0.4, 0.5) is 5.69 Å². The number of nitrogens with zero attached hydrogens (tertiary/aromatic N) is 1. The predicted molar refractivity (Wildman–Crippen MR) is 69.8 cm³/mol. The first kappa shape index (κ1) is 12.9. The summed E-state index contributed by atoms with van der Waals surface area (Å²) in [5.74, 6) is 0. The maximum Gasteiger partial charge on any atom is 0.159 e. The number of ether oxygens (including phenoxy) is 1. The Hall–Kier alpha value is -1.14. The second-order valence-electron chi connectivity index (χ2n) is 5.28. The number of fused-ring (bicyclic) bond motifs is 1. The smallest absolute Gasteiger partial charge is 0.159 e. The van der Waals surface area contributed by atoms with E-state index in [0.717, 1.165) is 18.7 Å². The molecule has 5 atom stereocenters. The van der Waals surface area contributed by atoms with Gasteiger partial charge in [0.2, 0.25) is 0 Å². The topological polar surface area (TPSA) is 73.2 Å². The third kappa shape index (κ3) is 2.03. The van der Waals surface area contributed by atoms with E-state index in [4.69, 9.17) is 4.74 Å². The van der Waals surface area contributed by atoms with E-state index in [1.54, 1.807) is 6.92 Å². The average Bonchev–Trinajstić information content (AvgIpc) is 2.84. The van der Waals surface area contributed by atoms with Crippen molar-refractivity contribution in [2.75, 3.05) is 11.4 Å². The first-order valence-electron chi connectivity index (χ1n) is 6.64. The summed E-state index contributed by atoms with van der Waals surface area (Å²) in [6.45, 7) is 2.45. The number of benzene rings is 1. The zero-order chi connectivity index (χ0) is 13.6. The third-order valence-corrected chi connectivity index (χ3v) is 4.06. The zero-order valence-electron chi connectivity index (χ0n) is 10.8. The lowest BCUT2D eigenvalue weighted by Crippen LogP contribution is -2.61. The van der Waals surface area contributed by atoms with Crippen LogP contribution in [0.15, 0.2) is 24.3 Å². The summed E-state index contributed by atoms with van der Waals surface area (Å²) >= 11 is 0. The van der Waals surface area contributed by atoms with Crippen molar-refractivity contribution in [3.05, 3.63) is 29.8 Å². The summed E-state index contributed by atoms with van der Waals surface area (Å²) < 4.78 is 5.69. The van der Waals surface area contributed by atoms with Gasteiger partial charge in [-0.1, -0.05) is 18.2 Å². The molecule has 0 spiro atoms. The van der Waals surface area contributed by atoms with Crippen LogP contribution in [0.5, 0.6) is 0 Å². The standard InChI is InChI=1S/C14H19NO4/c1-8-11(16)12(17)13(18)14(19-8)15-7-6-9-4-2-3-5-10(9)15/h2-5,8,11-14,16-18H,6-7H2,1H3/t8-,11+,12+,13-,14-/m0/s1. The van der Waals surface area contributed by atoms with Crippen LogP contribution >= 0.6 is 0 Å². The van der Waals surface area contributed by atoms with Crippen molar-refractivity contribution in [1.82, 2.24) is 0 Å². The maximum atomic E-state index is 10.1. The Bertz CT molecular complexity index is 467. The van der Waals surface area contributed by atoms with E-state index in [2.05, 4.69) is 6.07 Å². The van der Waals surface area contributed by atoms with Crippen LogP contribution in [-0.4, -0.2) is 52.5 Å². The summed E-state index contributed by atoms with van der Waals surface area (Å²) in [5.41, 5.74) is 2.24. The molecule has 2 aliphatic rings. The lowest BCUT2D eigenvalue weighted by Gasteiger charge is -2.43. The molecule has 0 aromatic heterocycles. The number of hydrogen-bond acceptors (Lipinski definition) is 5. The molecule has 1 fully saturated rings. The van der Waals surface area contributed by atoms with Gasteiger partial charge in [0.25, 0.3) is 0 Å². The van der Waals surface area contributed by atoms with Crippen LogP contribution in [-0.2, 0) is 11.2 Å². The molecule has 0 saturated carbocycles. The van der Waals surface area contributed by atoms with Crippen LogP contribution in [0, 0.1) is 0 Å². The molecule has 5 heteroatoms. The Balaban J connectivity index is 1.87. The van der Waals surface area contributed by atoms with Crippen LogP contribution < -0.4 is 4.90 Å². The maximum absolute atomic E-state index is 10.1. The molecule has 3 rings (SSSR count). The van der Waals surface area contributed by atoms with Gasteiger partial charge in [-0.3, -0.25) is 0 Å². The van der Waals surface area contributed by atoms with Gasteiger partial charge in [0.15, 0.2) is 6.23 Å². The lowest BCUT2D eigenvalue weighted by molar-refractivity contribution is -0.216. The quantitative estimate of drug-likeness (QED) is 0.660. The largest absolute Gasteiger partial charge is 0.388 e. The predicted octanol–water partition coefficient (Wildman–Crippen LogP) is -0.123. The molecular weight excluding hydrogens is 246 g/mol. The first-order valence-corrected chi connectivity index (χ1v) is 6.64. The molecule has 0 amide bonds. The molecule has 0 radical (unpaired) electrons. The van der Waals surface area contributed by atoms with Crippen molar-refractivity contribution in [1.29, 1.82) is 0 Å². The summed E-state index contributed by atoms with van der Waals surface area (Å²) in [7, 11) is 0. The van der Waals surface area contributed by atoms with Crippen LogP contribution in [0.1, 0.15) is 12.5 Å². The Labute approximate surface area is 112 Å². The lowest BCUT2D eigenvalue weighted by atomic mass is 9.98. The minimum atomic E-state index is -1.18. The molecule has 104 valence electrons. The van der Waals surface area contributed by atoms with E-state index in [1.807, 2.05) is 23.1 Å². The van der Waals surface area contributed by atoms with Crippen molar-refractivity contribution in [3.63, 3.8) is 0 Å². The van der Waals surface area contributed by atoms with Crippen LogP contribution in [0.3, 0.4) is 0 Å². The van der Waals surface area contributed by atoms with Gasteiger partial charge in [0, 0.05) is 12.2 Å². The summed E-state index contributed by atoms with van der Waals surface area (Å²) in [5, 5.41) is 29.7. The Morgan fingerprint density at radius 2 is 1.84 bits per heavy atom. The fraction of sp³-hybridized carbons (Fsp3) is 0.571. The molecule has 3 N–H and O–H groups in total. The highest BCUT2D eigenvalue weighted by Gasteiger charge is 2.45. The highest BCUT2D eigenvalue weighted by molar-refractivity contribution is 5.58. The Morgan fingerprint density at radius 3 is 2.63 bits per heavy atom. The molecule has 2 aliphatic heterocycles. The second kappa shape index (κ2) is 4.76. The van der Waals surface area contributed by atoms with Gasteiger partial charge in [0.1, 0.15) is 18.3 Å². The average molecular weight is 265 g/mol. The van der Waals surface area contributed by atoms with Crippen molar-refractivity contribution in [3.8, 4) is 0 Å². The molecule has 0 unspecified atom stereocenters. The fourth-order valence-corrected chi connectivity index (χ4v) is 2.92. The van der Waals surface area contributed by atoms with Gasteiger partial charge in [0.05, 0.1) is 6.10 Å². The number of aliphatic hydroxyl groups is 3. The van der Waals surface area contributed by atoms with Gasteiger partial charge in [-0.05, 0) is 25.0 Å². The fourth-order valence-electron chi connectivity index (χ4n) is 2.92. The van der Waals surface area contributed by atoms with E-state index in [-0.39, 0.29) is 0 Å². The Morgan fingerprint density at radius 1 is 1.11 bits per heavy atom. The van der Waals surface area contributed by atoms with Crippen molar-refractivity contribution < 1.29 is 20.1 Å². The van der Waals surface area contributed by atoms with Gasteiger partial charge >= 0.3 is 0 Å². The van der Waals surface area contributed by atoms with Crippen molar-refractivity contribution in [2.45, 2.75) is 44.0 Å². The minimum absolute atomic E-state index is 0.504. The van der Waals surface area contributed by atoms with E-state index >= 15 is 0 Å². The number of rotatable bonds is 1.